The van der Waals surface area contributed by atoms with Crippen molar-refractivity contribution in [2.24, 2.45) is 0 Å². The molecule has 0 radical (unpaired) electrons. The molecule has 7 nitrogen and oxygen atoms in total. The van der Waals surface area contributed by atoms with Crippen molar-refractivity contribution in [3.8, 4) is 11.5 Å². The fourth-order valence-corrected chi connectivity index (χ4v) is 3.32. The average molecular weight is 343 g/mol. The smallest absolute Gasteiger partial charge is 0.267 e. The fourth-order valence-electron chi connectivity index (χ4n) is 3.32. The van der Waals surface area contributed by atoms with E-state index >= 15 is 0 Å². The Morgan fingerprint density at radius 2 is 2.12 bits per heavy atom. The molecule has 3 heterocycles. The predicted molar refractivity (Wildman–Crippen MR) is 88.3 cm³/mol. The van der Waals surface area contributed by atoms with Crippen LogP contribution in [0.5, 0.6) is 11.5 Å². The first-order valence-electron chi connectivity index (χ1n) is 8.77. The summed E-state index contributed by atoms with van der Waals surface area (Å²) in [5.74, 6) is 2.37. The minimum absolute atomic E-state index is 0.0875. The van der Waals surface area contributed by atoms with Crippen molar-refractivity contribution >= 4 is 5.91 Å². The summed E-state index contributed by atoms with van der Waals surface area (Å²) in [5, 5.41) is 3.97. The van der Waals surface area contributed by atoms with Gasteiger partial charge >= 0.3 is 0 Å². The molecule has 132 valence electrons. The molecule has 0 spiro atoms. The monoisotopic (exact) mass is 343 g/mol. The van der Waals surface area contributed by atoms with Crippen LogP contribution in [0.15, 0.2) is 28.8 Å². The summed E-state index contributed by atoms with van der Waals surface area (Å²) >= 11 is 0. The van der Waals surface area contributed by atoms with E-state index < -0.39 is 6.10 Å². The Morgan fingerprint density at radius 1 is 1.28 bits per heavy atom. The van der Waals surface area contributed by atoms with Gasteiger partial charge in [-0.05, 0) is 31.4 Å². The SMILES string of the molecule is CCc1noc([C@H]2CCCCN2C(=O)[C@H]2COc3ccccc3O2)n1. The number of carbonyl (C=O) groups excluding carboxylic acids is 1. The van der Waals surface area contributed by atoms with Gasteiger partial charge in [-0.2, -0.15) is 4.98 Å². The number of aryl methyl sites for hydroxylation is 1. The van der Waals surface area contributed by atoms with Gasteiger partial charge < -0.3 is 18.9 Å². The number of amides is 1. The molecule has 4 rings (SSSR count). The van der Waals surface area contributed by atoms with Crippen molar-refractivity contribution in [3.05, 3.63) is 36.0 Å². The number of nitrogens with zero attached hydrogens (tertiary/aromatic N) is 3. The third-order valence-electron chi connectivity index (χ3n) is 4.65. The predicted octanol–water partition coefficient (Wildman–Crippen LogP) is 2.53. The Labute approximate surface area is 145 Å². The van der Waals surface area contributed by atoms with E-state index in [1.807, 2.05) is 31.2 Å². The van der Waals surface area contributed by atoms with Crippen molar-refractivity contribution < 1.29 is 18.8 Å². The molecule has 0 unspecified atom stereocenters. The van der Waals surface area contributed by atoms with Gasteiger partial charge in [-0.15, -0.1) is 0 Å². The van der Waals surface area contributed by atoms with E-state index in [9.17, 15) is 4.79 Å². The minimum Gasteiger partial charge on any atom is -0.485 e. The van der Waals surface area contributed by atoms with Crippen LogP contribution < -0.4 is 9.47 Å². The molecule has 1 fully saturated rings. The lowest BCUT2D eigenvalue weighted by Crippen LogP contribution is -2.49. The lowest BCUT2D eigenvalue weighted by molar-refractivity contribution is -0.145. The number of rotatable bonds is 3. The Kier molecular flexibility index (Phi) is 4.29. The number of hydrogen-bond acceptors (Lipinski definition) is 6. The second kappa shape index (κ2) is 6.74. The van der Waals surface area contributed by atoms with E-state index in [1.54, 1.807) is 4.90 Å². The maximum Gasteiger partial charge on any atom is 0.267 e. The summed E-state index contributed by atoms with van der Waals surface area (Å²) in [7, 11) is 0. The summed E-state index contributed by atoms with van der Waals surface area (Å²) < 4.78 is 17.0. The van der Waals surface area contributed by atoms with Crippen LogP contribution in [0.2, 0.25) is 0 Å². The summed E-state index contributed by atoms with van der Waals surface area (Å²) in [5.41, 5.74) is 0. The van der Waals surface area contributed by atoms with Crippen molar-refractivity contribution in [2.45, 2.75) is 44.8 Å². The van der Waals surface area contributed by atoms with Crippen molar-refractivity contribution in [1.82, 2.24) is 15.0 Å². The Bertz CT molecular complexity index is 760. The summed E-state index contributed by atoms with van der Waals surface area (Å²) in [4.78, 5) is 19.3. The highest BCUT2D eigenvalue weighted by molar-refractivity contribution is 5.82. The van der Waals surface area contributed by atoms with Gasteiger partial charge in [0.15, 0.2) is 17.3 Å². The Hall–Kier alpha value is -2.57. The number of benzene rings is 1. The first kappa shape index (κ1) is 15.9. The molecule has 2 aromatic rings. The Morgan fingerprint density at radius 3 is 2.92 bits per heavy atom. The van der Waals surface area contributed by atoms with Crippen LogP contribution in [0.3, 0.4) is 0 Å². The number of aromatic nitrogens is 2. The van der Waals surface area contributed by atoms with Crippen LogP contribution in [0.4, 0.5) is 0 Å². The van der Waals surface area contributed by atoms with Crippen LogP contribution in [0.25, 0.3) is 0 Å². The lowest BCUT2D eigenvalue weighted by Gasteiger charge is -2.36. The molecular weight excluding hydrogens is 322 g/mol. The number of likely N-dealkylation sites (tertiary alicyclic amines) is 1. The second-order valence-corrected chi connectivity index (χ2v) is 6.31. The highest BCUT2D eigenvalue weighted by Gasteiger charge is 2.38. The molecule has 1 aromatic carbocycles. The van der Waals surface area contributed by atoms with Crippen LogP contribution in [0, 0.1) is 0 Å². The summed E-state index contributed by atoms with van der Waals surface area (Å²) in [6.45, 7) is 2.85. The lowest BCUT2D eigenvalue weighted by atomic mass is 10.0. The largest absolute Gasteiger partial charge is 0.485 e. The van der Waals surface area contributed by atoms with Gasteiger partial charge in [0, 0.05) is 13.0 Å². The first-order chi connectivity index (χ1) is 12.3. The molecule has 0 bridgehead atoms. The standard InChI is InChI=1S/C18H21N3O4/c1-2-16-19-17(25-20-16)12-7-5-6-10-21(12)18(22)15-11-23-13-8-3-4-9-14(13)24-15/h3-4,8-9,12,15H,2,5-7,10-11H2,1H3/t12-,15-/m1/s1. The van der Waals surface area contributed by atoms with E-state index in [4.69, 9.17) is 14.0 Å². The minimum atomic E-state index is -0.649. The Balaban J connectivity index is 1.53. The maximum absolute atomic E-state index is 13.1. The van der Waals surface area contributed by atoms with E-state index in [2.05, 4.69) is 10.1 Å². The normalized spacial score (nSPS) is 22.7. The molecule has 2 aliphatic rings. The second-order valence-electron chi connectivity index (χ2n) is 6.31. The quantitative estimate of drug-likeness (QED) is 0.852. The van der Waals surface area contributed by atoms with Crippen LogP contribution in [0.1, 0.15) is 43.9 Å². The third-order valence-corrected chi connectivity index (χ3v) is 4.65. The van der Waals surface area contributed by atoms with E-state index in [-0.39, 0.29) is 18.6 Å². The molecule has 2 atom stereocenters. The van der Waals surface area contributed by atoms with Crippen molar-refractivity contribution in [2.75, 3.05) is 13.2 Å². The molecule has 25 heavy (non-hydrogen) atoms. The van der Waals surface area contributed by atoms with Gasteiger partial charge in [-0.1, -0.05) is 24.2 Å². The number of ether oxygens (including phenoxy) is 2. The van der Waals surface area contributed by atoms with Gasteiger partial charge in [-0.25, -0.2) is 0 Å². The molecular formula is C18H21N3O4. The number of fused-ring (bicyclic) bond motifs is 1. The van der Waals surface area contributed by atoms with Crippen molar-refractivity contribution in [1.29, 1.82) is 0 Å². The number of carbonyl (C=O) groups is 1. The van der Waals surface area contributed by atoms with Gasteiger partial charge in [0.2, 0.25) is 12.0 Å². The zero-order chi connectivity index (χ0) is 17.2. The van der Waals surface area contributed by atoms with Gasteiger partial charge in [-0.3, -0.25) is 4.79 Å². The van der Waals surface area contributed by atoms with Gasteiger partial charge in [0.25, 0.3) is 5.91 Å². The number of para-hydroxylation sites is 2. The zero-order valence-electron chi connectivity index (χ0n) is 14.2. The van der Waals surface area contributed by atoms with Gasteiger partial charge in [0.05, 0.1) is 0 Å². The molecule has 1 saturated heterocycles. The third kappa shape index (κ3) is 3.06. The van der Waals surface area contributed by atoms with E-state index in [0.29, 0.717) is 36.2 Å². The average Bonchev–Trinajstić information content (AvgIpc) is 3.16. The number of hydrogen-bond donors (Lipinski definition) is 0. The topological polar surface area (TPSA) is 77.7 Å². The molecule has 2 aliphatic heterocycles. The molecule has 0 aliphatic carbocycles. The van der Waals surface area contributed by atoms with E-state index in [0.717, 1.165) is 19.3 Å². The molecule has 7 heteroatoms. The van der Waals surface area contributed by atoms with Crippen LogP contribution in [-0.2, 0) is 11.2 Å². The highest BCUT2D eigenvalue weighted by Crippen LogP contribution is 2.34. The molecule has 1 aromatic heterocycles. The van der Waals surface area contributed by atoms with Crippen LogP contribution >= 0.6 is 0 Å². The fraction of sp³-hybridized carbons (Fsp3) is 0.500. The van der Waals surface area contributed by atoms with E-state index in [1.165, 1.54) is 0 Å². The maximum atomic E-state index is 13.1. The molecule has 1 amide bonds. The van der Waals surface area contributed by atoms with Gasteiger partial charge in [0.1, 0.15) is 12.6 Å². The number of piperidine rings is 1. The summed E-state index contributed by atoms with van der Waals surface area (Å²) in [6.07, 6.45) is 2.87. The molecule has 0 N–H and O–H groups in total. The zero-order valence-corrected chi connectivity index (χ0v) is 14.2. The first-order valence-corrected chi connectivity index (χ1v) is 8.77. The molecule has 0 saturated carbocycles. The van der Waals surface area contributed by atoms with Crippen LogP contribution in [-0.4, -0.2) is 40.2 Å². The summed E-state index contributed by atoms with van der Waals surface area (Å²) in [6, 6.07) is 7.21. The van der Waals surface area contributed by atoms with Crippen molar-refractivity contribution in [3.63, 3.8) is 0 Å². The highest BCUT2D eigenvalue weighted by atomic mass is 16.6.